The number of hydrogen-bond acceptors (Lipinski definition) is 5. The van der Waals surface area contributed by atoms with Crippen molar-refractivity contribution < 1.29 is 17.9 Å². The van der Waals surface area contributed by atoms with Crippen LogP contribution < -0.4 is 5.32 Å². The fourth-order valence-corrected chi connectivity index (χ4v) is 2.48. The highest BCUT2D eigenvalue weighted by Crippen LogP contribution is 2.07. The Morgan fingerprint density at radius 1 is 1.50 bits per heavy atom. The molecular weight excluding hydrogens is 206 g/mol. The number of ether oxygens (including phenoxy) is 2. The van der Waals surface area contributed by atoms with Gasteiger partial charge in [-0.1, -0.05) is 6.08 Å². The molecule has 0 aromatic carbocycles. The van der Waals surface area contributed by atoms with E-state index in [2.05, 4.69) is 5.32 Å². The molecule has 1 atom stereocenters. The molecule has 82 valence electrons. The van der Waals surface area contributed by atoms with Crippen LogP contribution in [0.3, 0.4) is 0 Å². The van der Waals surface area contributed by atoms with E-state index in [9.17, 15) is 8.42 Å². The van der Waals surface area contributed by atoms with Gasteiger partial charge in [0.1, 0.15) is 0 Å². The zero-order valence-corrected chi connectivity index (χ0v) is 9.08. The molecule has 0 saturated carbocycles. The van der Waals surface area contributed by atoms with Crippen LogP contribution >= 0.6 is 0 Å². The Labute approximate surface area is 84.0 Å². The predicted molar refractivity (Wildman–Crippen MR) is 52.5 cm³/mol. The molecule has 0 fully saturated rings. The normalized spacial score (nSPS) is 24.6. The minimum atomic E-state index is -2.98. The lowest BCUT2D eigenvalue weighted by atomic mass is 10.3. The van der Waals surface area contributed by atoms with Crippen molar-refractivity contribution in [3.63, 3.8) is 0 Å². The van der Waals surface area contributed by atoms with Crippen molar-refractivity contribution in [1.29, 1.82) is 0 Å². The number of sulfone groups is 1. The van der Waals surface area contributed by atoms with Gasteiger partial charge in [0.2, 0.25) is 0 Å². The topological polar surface area (TPSA) is 64.6 Å². The van der Waals surface area contributed by atoms with Crippen molar-refractivity contribution in [1.82, 2.24) is 5.32 Å². The Hall–Kier alpha value is -0.430. The molecule has 0 aromatic heterocycles. The molecule has 0 saturated heterocycles. The quantitative estimate of drug-likeness (QED) is 0.634. The van der Waals surface area contributed by atoms with Crippen molar-refractivity contribution in [2.75, 3.05) is 26.5 Å². The first-order chi connectivity index (χ1) is 6.57. The van der Waals surface area contributed by atoms with E-state index in [0.29, 0.717) is 6.54 Å². The van der Waals surface area contributed by atoms with E-state index in [1.165, 1.54) is 19.6 Å². The zero-order valence-electron chi connectivity index (χ0n) is 8.26. The van der Waals surface area contributed by atoms with Gasteiger partial charge in [0, 0.05) is 32.2 Å². The lowest BCUT2D eigenvalue weighted by Gasteiger charge is -2.16. The van der Waals surface area contributed by atoms with Crippen molar-refractivity contribution in [2.24, 2.45) is 0 Å². The maximum atomic E-state index is 11.0. The molecule has 1 aliphatic rings. The van der Waals surface area contributed by atoms with Crippen molar-refractivity contribution in [3.8, 4) is 0 Å². The SMILES string of the molecule is COC(CNC1C=CS(=O)(=O)C1)OC. The molecule has 1 rings (SSSR count). The average molecular weight is 221 g/mol. The van der Waals surface area contributed by atoms with Gasteiger partial charge in [0.05, 0.1) is 5.75 Å². The first kappa shape index (κ1) is 11.6. The van der Waals surface area contributed by atoms with Crippen molar-refractivity contribution in [2.45, 2.75) is 12.3 Å². The minimum absolute atomic E-state index is 0.118. The van der Waals surface area contributed by atoms with Crippen LogP contribution in [-0.2, 0) is 19.3 Å². The van der Waals surface area contributed by atoms with Gasteiger partial charge in [-0.05, 0) is 0 Å². The van der Waals surface area contributed by atoms with Crippen molar-refractivity contribution in [3.05, 3.63) is 11.5 Å². The number of methoxy groups -OCH3 is 2. The van der Waals surface area contributed by atoms with E-state index >= 15 is 0 Å². The van der Waals surface area contributed by atoms with Crippen LogP contribution in [0.1, 0.15) is 0 Å². The van der Waals surface area contributed by atoms with Gasteiger partial charge >= 0.3 is 0 Å². The lowest BCUT2D eigenvalue weighted by molar-refractivity contribution is -0.0991. The third-order valence-electron chi connectivity index (χ3n) is 2.00. The van der Waals surface area contributed by atoms with Crippen LogP contribution in [0.5, 0.6) is 0 Å². The summed E-state index contributed by atoms with van der Waals surface area (Å²) in [6.45, 7) is 0.470. The highest BCUT2D eigenvalue weighted by atomic mass is 32.2. The molecule has 0 aliphatic carbocycles. The molecule has 0 bridgehead atoms. The van der Waals surface area contributed by atoms with E-state index < -0.39 is 9.84 Å². The molecule has 0 amide bonds. The van der Waals surface area contributed by atoms with Crippen LogP contribution in [0.4, 0.5) is 0 Å². The number of nitrogens with one attached hydrogen (secondary N) is 1. The van der Waals surface area contributed by atoms with Gasteiger partial charge in [-0.25, -0.2) is 8.42 Å². The number of hydrogen-bond donors (Lipinski definition) is 1. The van der Waals surface area contributed by atoms with E-state index in [1.807, 2.05) is 0 Å². The summed E-state index contributed by atoms with van der Waals surface area (Å²) in [6.07, 6.45) is 1.30. The monoisotopic (exact) mass is 221 g/mol. The number of rotatable bonds is 5. The molecule has 0 radical (unpaired) electrons. The molecule has 0 spiro atoms. The van der Waals surface area contributed by atoms with Gasteiger partial charge in [-0.3, -0.25) is 0 Å². The van der Waals surface area contributed by atoms with Crippen LogP contribution in [0.2, 0.25) is 0 Å². The smallest absolute Gasteiger partial charge is 0.173 e. The Morgan fingerprint density at radius 3 is 2.57 bits per heavy atom. The lowest BCUT2D eigenvalue weighted by Crippen LogP contribution is -2.37. The van der Waals surface area contributed by atoms with Gasteiger partial charge in [0.15, 0.2) is 16.1 Å². The van der Waals surface area contributed by atoms with Crippen LogP contribution in [0.15, 0.2) is 11.5 Å². The van der Waals surface area contributed by atoms with Gasteiger partial charge in [-0.15, -0.1) is 0 Å². The molecule has 1 unspecified atom stereocenters. The second-order valence-electron chi connectivity index (χ2n) is 3.07. The van der Waals surface area contributed by atoms with Gasteiger partial charge in [-0.2, -0.15) is 0 Å². The second-order valence-corrected chi connectivity index (χ2v) is 5.00. The molecule has 6 heteroatoms. The molecule has 1 N–H and O–H groups in total. The summed E-state index contributed by atoms with van der Waals surface area (Å²) in [5.41, 5.74) is 0. The predicted octanol–water partition coefficient (Wildman–Crippen LogP) is -0.494. The van der Waals surface area contributed by atoms with Gasteiger partial charge < -0.3 is 14.8 Å². The van der Waals surface area contributed by atoms with Crippen molar-refractivity contribution >= 4 is 9.84 Å². The summed E-state index contributed by atoms with van der Waals surface area (Å²) in [5.74, 6) is 0.118. The van der Waals surface area contributed by atoms with E-state index in [1.54, 1.807) is 6.08 Å². The molecule has 1 aliphatic heterocycles. The van der Waals surface area contributed by atoms with E-state index in [-0.39, 0.29) is 18.1 Å². The summed E-state index contributed by atoms with van der Waals surface area (Å²) in [7, 11) is 0.0960. The van der Waals surface area contributed by atoms with E-state index in [0.717, 1.165) is 0 Å². The highest BCUT2D eigenvalue weighted by Gasteiger charge is 2.21. The Kier molecular flexibility index (Phi) is 4.06. The third kappa shape index (κ3) is 3.38. The minimum Gasteiger partial charge on any atom is -0.355 e. The molecular formula is C8H15NO4S. The summed E-state index contributed by atoms with van der Waals surface area (Å²) in [6, 6.07) is -0.132. The molecule has 5 nitrogen and oxygen atoms in total. The fourth-order valence-electron chi connectivity index (χ4n) is 1.21. The van der Waals surface area contributed by atoms with Crippen LogP contribution in [0.25, 0.3) is 0 Å². The largest absolute Gasteiger partial charge is 0.355 e. The third-order valence-corrected chi connectivity index (χ3v) is 3.40. The Bertz CT molecular complexity index is 294. The zero-order chi connectivity index (χ0) is 10.6. The first-order valence-corrected chi connectivity index (χ1v) is 5.99. The summed E-state index contributed by atoms with van der Waals surface area (Å²) < 4.78 is 32.0. The standard InChI is InChI=1S/C8H15NO4S/c1-12-8(13-2)5-9-7-3-4-14(10,11)6-7/h3-4,7-9H,5-6H2,1-2H3. The second kappa shape index (κ2) is 4.88. The summed E-state index contributed by atoms with van der Waals surface area (Å²) in [4.78, 5) is 0. The average Bonchev–Trinajstić information content (AvgIpc) is 2.47. The van der Waals surface area contributed by atoms with Gasteiger partial charge in [0.25, 0.3) is 0 Å². The maximum Gasteiger partial charge on any atom is 0.173 e. The Morgan fingerprint density at radius 2 is 2.14 bits per heavy atom. The van der Waals surface area contributed by atoms with E-state index in [4.69, 9.17) is 9.47 Å². The first-order valence-electron chi connectivity index (χ1n) is 4.27. The molecule has 0 aromatic rings. The molecule has 1 heterocycles. The summed E-state index contributed by atoms with van der Waals surface area (Å²) in [5, 5.41) is 4.26. The van der Waals surface area contributed by atoms with Crippen LogP contribution in [-0.4, -0.2) is 47.3 Å². The maximum absolute atomic E-state index is 11.0. The van der Waals surface area contributed by atoms with Crippen LogP contribution in [0, 0.1) is 0 Å². The Balaban J connectivity index is 2.31. The summed E-state index contributed by atoms with van der Waals surface area (Å²) >= 11 is 0. The fraction of sp³-hybridized carbons (Fsp3) is 0.750. The molecule has 14 heavy (non-hydrogen) atoms. The highest BCUT2D eigenvalue weighted by molar-refractivity contribution is 7.94.